The molecular formula is C79H126O16P2. The van der Waals surface area contributed by atoms with Crippen LogP contribution in [-0.2, 0) is 55.8 Å². The minimum Gasteiger partial charge on any atom is -0.463 e. The number of hydrogen-bond acceptors (Lipinski definition) is 14. The fourth-order valence-electron chi connectivity index (χ4n) is 8.66. The van der Waals surface area contributed by atoms with Gasteiger partial charge in [-0.05, 0) is 148 Å². The highest BCUT2D eigenvalue weighted by atomic mass is 31.2. The predicted molar refractivity (Wildman–Crippen MR) is 398 cm³/mol. The SMILES string of the molecule is CC/C=C\C/C=C\C/C=C\C/C=C\C/C=C\C/C=C\CCC(=O)OCC(COP(=O)(O)OCC(O)COP(=O)(O)OCC(O)COC(=O)CCCCCCCCC/C=C\C/C=C\C/C=C\C/C=C\CCCCC)OC(=O)CCCCC/C=C\C/C=C\C/C=C\C/C=C\C/C=C\CC. The normalized spacial score (nSPS) is 15.2. The van der Waals surface area contributed by atoms with Crippen LogP contribution in [0.1, 0.15) is 239 Å². The van der Waals surface area contributed by atoms with Gasteiger partial charge < -0.3 is 34.2 Å². The van der Waals surface area contributed by atoms with E-state index in [1.807, 2.05) is 18.2 Å². The number of carbonyl (C=O) groups is 3. The first-order valence-corrected chi connectivity index (χ1v) is 39.1. The van der Waals surface area contributed by atoms with E-state index in [1.165, 1.54) is 25.7 Å². The van der Waals surface area contributed by atoms with Gasteiger partial charge in [0.05, 0.1) is 26.4 Å². The van der Waals surface area contributed by atoms with Crippen LogP contribution in [-0.4, -0.2) is 95.9 Å². The van der Waals surface area contributed by atoms with Crippen LogP contribution < -0.4 is 0 Å². The van der Waals surface area contributed by atoms with Gasteiger partial charge in [0, 0.05) is 19.3 Å². The summed E-state index contributed by atoms with van der Waals surface area (Å²) < 4.78 is 60.9. The summed E-state index contributed by atoms with van der Waals surface area (Å²) in [5.41, 5.74) is 0. The highest BCUT2D eigenvalue weighted by molar-refractivity contribution is 7.47. The van der Waals surface area contributed by atoms with Crippen LogP contribution in [0.3, 0.4) is 0 Å². The Labute approximate surface area is 585 Å². The molecule has 0 aromatic rings. The van der Waals surface area contributed by atoms with E-state index in [4.69, 9.17) is 32.3 Å². The van der Waals surface area contributed by atoms with Gasteiger partial charge >= 0.3 is 33.6 Å². The van der Waals surface area contributed by atoms with E-state index < -0.39 is 91.5 Å². The second-order valence-electron chi connectivity index (χ2n) is 23.3. The number of aliphatic hydroxyl groups excluding tert-OH is 2. The standard InChI is InChI=1S/C79H126O16P2/c1-4-7-10-13-16-19-22-25-28-31-34-35-36-37-40-42-44-47-50-53-56-59-62-65-77(82)89-68-74(80)69-91-96(85,86)92-70-75(81)71-93-97(87,88)94-73-76(95-79(84)67-64-61-58-55-52-49-46-43-39-33-30-27-24-21-18-15-12-9-6-3)72-90-78(83)66-63-60-57-54-51-48-45-41-38-32-29-26-23-20-17-14-11-8-5-2/h8-9,11-12,16-21,25-30,34-35,37-41,43,48-49,51-52,57,60,74-76,80-81H,4-7,10,13-15,22-24,31-33,36,42,44-47,50,53-56,58-59,61-73H2,1-3H3,(H,85,86)(H,87,88)/b11-8-,12-9-,19-16-,20-17-,21-18-,28-25-,29-26-,30-27-,35-34-,40-37-,41-38-,43-39-,51-48-,52-49-,60-57-. The monoisotopic (exact) mass is 1390 g/mol. The number of ether oxygens (including phenoxy) is 3. The number of esters is 3. The third-order valence-electron chi connectivity index (χ3n) is 14.1. The number of hydrogen-bond donors (Lipinski definition) is 4. The summed E-state index contributed by atoms with van der Waals surface area (Å²) in [6.45, 7) is 2.24. The Hall–Kier alpha value is -5.35. The first-order valence-electron chi connectivity index (χ1n) is 36.1. The minimum absolute atomic E-state index is 0.0291. The van der Waals surface area contributed by atoms with Gasteiger partial charge in [0.15, 0.2) is 6.10 Å². The summed E-state index contributed by atoms with van der Waals surface area (Å²) in [5.74, 6) is -1.74. The van der Waals surface area contributed by atoms with Gasteiger partial charge in [-0.1, -0.05) is 254 Å². The third kappa shape index (κ3) is 71.7. The highest BCUT2D eigenvalue weighted by Crippen LogP contribution is 2.45. The maximum atomic E-state index is 12.9. The number of aliphatic hydroxyl groups is 2. The fraction of sp³-hybridized carbons (Fsp3) is 0.582. The van der Waals surface area contributed by atoms with E-state index in [2.05, 4.69) is 185 Å². The van der Waals surface area contributed by atoms with E-state index in [9.17, 15) is 43.5 Å². The van der Waals surface area contributed by atoms with Crippen molar-refractivity contribution in [2.45, 2.75) is 257 Å². The molecule has 0 spiro atoms. The summed E-state index contributed by atoms with van der Waals surface area (Å²) in [6.07, 6.45) is 89.5. The van der Waals surface area contributed by atoms with E-state index in [0.29, 0.717) is 25.7 Å². The number of unbranched alkanes of at least 4 members (excludes halogenated alkanes) is 13. The zero-order valence-electron chi connectivity index (χ0n) is 59.4. The molecule has 0 heterocycles. The van der Waals surface area contributed by atoms with Crippen molar-refractivity contribution in [3.63, 3.8) is 0 Å². The van der Waals surface area contributed by atoms with E-state index in [1.54, 1.807) is 0 Å². The van der Waals surface area contributed by atoms with Gasteiger partial charge in [-0.2, -0.15) is 0 Å². The number of phosphoric ester groups is 2. The summed E-state index contributed by atoms with van der Waals surface area (Å²) in [5, 5.41) is 20.6. The van der Waals surface area contributed by atoms with Gasteiger partial charge in [0.2, 0.25) is 0 Å². The molecule has 5 unspecified atom stereocenters. The summed E-state index contributed by atoms with van der Waals surface area (Å²) in [4.78, 5) is 58.5. The van der Waals surface area contributed by atoms with Crippen molar-refractivity contribution in [2.24, 2.45) is 0 Å². The van der Waals surface area contributed by atoms with Gasteiger partial charge in [0.25, 0.3) is 0 Å². The molecule has 0 bridgehead atoms. The van der Waals surface area contributed by atoms with Crippen LogP contribution >= 0.6 is 15.6 Å². The Morgan fingerprint density at radius 3 is 0.938 bits per heavy atom. The van der Waals surface area contributed by atoms with Crippen molar-refractivity contribution in [3.05, 3.63) is 182 Å². The molecule has 548 valence electrons. The molecule has 0 rings (SSSR count). The maximum Gasteiger partial charge on any atom is 0.472 e. The molecule has 0 fully saturated rings. The number of carbonyl (C=O) groups excluding carboxylic acids is 3. The van der Waals surface area contributed by atoms with E-state index in [0.717, 1.165) is 148 Å². The maximum absolute atomic E-state index is 12.9. The van der Waals surface area contributed by atoms with Crippen molar-refractivity contribution in [1.82, 2.24) is 0 Å². The van der Waals surface area contributed by atoms with Gasteiger partial charge in [-0.25, -0.2) is 9.13 Å². The fourth-order valence-corrected chi connectivity index (χ4v) is 10.2. The first kappa shape index (κ1) is 91.6. The molecule has 16 nitrogen and oxygen atoms in total. The Morgan fingerprint density at radius 1 is 0.299 bits per heavy atom. The zero-order valence-corrected chi connectivity index (χ0v) is 61.2. The third-order valence-corrected chi connectivity index (χ3v) is 16.0. The number of allylic oxidation sites excluding steroid dienone is 30. The van der Waals surface area contributed by atoms with Gasteiger partial charge in [-0.3, -0.25) is 32.5 Å². The van der Waals surface area contributed by atoms with Crippen molar-refractivity contribution in [2.75, 3.05) is 39.6 Å². The lowest BCUT2D eigenvalue weighted by Gasteiger charge is -2.21. The second kappa shape index (κ2) is 70.5. The lowest BCUT2D eigenvalue weighted by Crippen LogP contribution is -2.30. The Balaban J connectivity index is 4.80. The summed E-state index contributed by atoms with van der Waals surface area (Å²) in [6, 6.07) is 0. The van der Waals surface area contributed by atoms with Gasteiger partial charge in [-0.15, -0.1) is 0 Å². The average molecular weight is 1390 g/mol. The molecule has 5 atom stereocenters. The Bertz CT molecular complexity index is 2490. The minimum atomic E-state index is -4.96. The molecule has 97 heavy (non-hydrogen) atoms. The van der Waals surface area contributed by atoms with Crippen molar-refractivity contribution < 1.29 is 75.8 Å². The quantitative estimate of drug-likeness (QED) is 0.0146. The largest absolute Gasteiger partial charge is 0.472 e. The molecule has 0 aromatic carbocycles. The molecule has 18 heteroatoms. The van der Waals surface area contributed by atoms with Gasteiger partial charge in [0.1, 0.15) is 25.4 Å². The van der Waals surface area contributed by atoms with Crippen LogP contribution in [0.2, 0.25) is 0 Å². The molecule has 0 aliphatic rings. The molecule has 0 aromatic heterocycles. The number of rotatable bonds is 66. The molecule has 4 N–H and O–H groups in total. The van der Waals surface area contributed by atoms with Crippen LogP contribution in [0.5, 0.6) is 0 Å². The topological polar surface area (TPSA) is 231 Å². The van der Waals surface area contributed by atoms with Crippen molar-refractivity contribution in [3.8, 4) is 0 Å². The molecular weight excluding hydrogens is 1270 g/mol. The first-order chi connectivity index (χ1) is 47.2. The van der Waals surface area contributed by atoms with Crippen molar-refractivity contribution in [1.29, 1.82) is 0 Å². The molecule has 0 radical (unpaired) electrons. The highest BCUT2D eigenvalue weighted by Gasteiger charge is 2.29. The lowest BCUT2D eigenvalue weighted by atomic mass is 10.1. The molecule has 0 aliphatic carbocycles. The smallest absolute Gasteiger partial charge is 0.463 e. The van der Waals surface area contributed by atoms with Crippen LogP contribution in [0.25, 0.3) is 0 Å². The van der Waals surface area contributed by atoms with Crippen molar-refractivity contribution >= 4 is 33.6 Å². The molecule has 0 aliphatic heterocycles. The molecule has 0 saturated heterocycles. The van der Waals surface area contributed by atoms with Crippen LogP contribution in [0.4, 0.5) is 0 Å². The zero-order chi connectivity index (χ0) is 70.9. The Kier molecular flexibility index (Phi) is 66.6. The second-order valence-corrected chi connectivity index (χ2v) is 26.2. The summed E-state index contributed by atoms with van der Waals surface area (Å²) >= 11 is 0. The van der Waals surface area contributed by atoms with E-state index >= 15 is 0 Å². The summed E-state index contributed by atoms with van der Waals surface area (Å²) in [7, 11) is -9.84. The lowest BCUT2D eigenvalue weighted by molar-refractivity contribution is -0.161. The predicted octanol–water partition coefficient (Wildman–Crippen LogP) is 20.6. The van der Waals surface area contributed by atoms with E-state index in [-0.39, 0.29) is 19.3 Å². The van der Waals surface area contributed by atoms with Crippen LogP contribution in [0, 0.1) is 0 Å². The Morgan fingerprint density at radius 2 is 0.567 bits per heavy atom. The van der Waals surface area contributed by atoms with Crippen LogP contribution in [0.15, 0.2) is 182 Å². The molecule has 0 amide bonds. The number of phosphoric acid groups is 2. The molecule has 0 saturated carbocycles. The average Bonchev–Trinajstić information content (AvgIpc) is 1.62.